The second-order valence-corrected chi connectivity index (χ2v) is 6.20. The molecule has 3 rings (SSSR count). The van der Waals surface area contributed by atoms with Crippen molar-refractivity contribution in [1.82, 2.24) is 9.97 Å². The van der Waals surface area contributed by atoms with Crippen molar-refractivity contribution in [3.05, 3.63) is 45.7 Å². The van der Waals surface area contributed by atoms with Crippen LogP contribution in [0.25, 0.3) is 0 Å². The lowest BCUT2D eigenvalue weighted by Gasteiger charge is -2.33. The molecule has 0 radical (unpaired) electrons. The van der Waals surface area contributed by atoms with Crippen LogP contribution in [0.4, 0.5) is 23.0 Å². The monoisotopic (exact) mass is 347 g/mol. The van der Waals surface area contributed by atoms with Crippen molar-refractivity contribution in [3.63, 3.8) is 0 Å². The van der Waals surface area contributed by atoms with E-state index in [0.717, 1.165) is 25.8 Å². The van der Waals surface area contributed by atoms with E-state index in [9.17, 15) is 10.1 Å². The van der Waals surface area contributed by atoms with Gasteiger partial charge in [-0.15, -0.1) is 0 Å². The Kier molecular flexibility index (Phi) is 4.80. The van der Waals surface area contributed by atoms with E-state index in [1.807, 2.05) is 4.90 Å². The van der Waals surface area contributed by atoms with Crippen LogP contribution >= 0.6 is 11.6 Å². The Morgan fingerprint density at radius 2 is 2.12 bits per heavy atom. The van der Waals surface area contributed by atoms with Crippen LogP contribution in [0.1, 0.15) is 26.2 Å². The lowest BCUT2D eigenvalue weighted by molar-refractivity contribution is -0.383. The van der Waals surface area contributed by atoms with Gasteiger partial charge < -0.3 is 10.2 Å². The number of anilines is 3. The van der Waals surface area contributed by atoms with E-state index in [-0.39, 0.29) is 17.5 Å². The summed E-state index contributed by atoms with van der Waals surface area (Å²) in [7, 11) is 0. The molecule has 7 nitrogen and oxygen atoms in total. The van der Waals surface area contributed by atoms with Crippen LogP contribution in [-0.4, -0.2) is 27.5 Å². The highest BCUT2D eigenvalue weighted by Crippen LogP contribution is 2.37. The fraction of sp³-hybridized carbons (Fsp3) is 0.375. The van der Waals surface area contributed by atoms with Gasteiger partial charge in [0.25, 0.3) is 0 Å². The minimum atomic E-state index is -0.435. The third-order valence-electron chi connectivity index (χ3n) is 4.19. The Hall–Kier alpha value is -2.41. The summed E-state index contributed by atoms with van der Waals surface area (Å²) >= 11 is 6.13. The smallest absolute Gasteiger partial charge is 0.348 e. The SMILES string of the molecule is CC1CCCCN1c1ncnc(Nc2ccccc2Cl)c1[N+](=O)[O-]. The number of rotatable bonds is 4. The number of hydrogen-bond acceptors (Lipinski definition) is 6. The van der Waals surface area contributed by atoms with Crippen molar-refractivity contribution in [2.45, 2.75) is 32.2 Å². The molecule has 1 saturated heterocycles. The largest absolute Gasteiger partial charge is 0.353 e. The minimum absolute atomic E-state index is 0.119. The summed E-state index contributed by atoms with van der Waals surface area (Å²) in [5.74, 6) is 0.507. The summed E-state index contributed by atoms with van der Waals surface area (Å²) in [6.45, 7) is 2.82. The maximum Gasteiger partial charge on any atom is 0.353 e. The lowest BCUT2D eigenvalue weighted by Crippen LogP contribution is -2.38. The third kappa shape index (κ3) is 3.26. The third-order valence-corrected chi connectivity index (χ3v) is 4.52. The van der Waals surface area contributed by atoms with Crippen molar-refractivity contribution in [2.75, 3.05) is 16.8 Å². The molecule has 0 amide bonds. The molecule has 0 spiro atoms. The normalized spacial score (nSPS) is 17.6. The number of benzene rings is 1. The van der Waals surface area contributed by atoms with Crippen molar-refractivity contribution < 1.29 is 4.92 Å². The Morgan fingerprint density at radius 3 is 2.83 bits per heavy atom. The van der Waals surface area contributed by atoms with E-state index in [4.69, 9.17) is 11.6 Å². The van der Waals surface area contributed by atoms with Crippen molar-refractivity contribution in [2.24, 2.45) is 0 Å². The first-order chi connectivity index (χ1) is 11.6. The Bertz CT molecular complexity index is 755. The van der Waals surface area contributed by atoms with Gasteiger partial charge in [-0.05, 0) is 38.3 Å². The molecule has 8 heteroatoms. The fourth-order valence-electron chi connectivity index (χ4n) is 2.94. The number of nitrogens with one attached hydrogen (secondary N) is 1. The predicted octanol–water partition coefficient (Wildman–Crippen LogP) is 4.16. The molecular formula is C16H18ClN5O2. The molecule has 0 saturated carbocycles. The zero-order valence-corrected chi connectivity index (χ0v) is 14.0. The first-order valence-corrected chi connectivity index (χ1v) is 8.23. The van der Waals surface area contributed by atoms with E-state index in [1.165, 1.54) is 6.33 Å². The van der Waals surface area contributed by atoms with Gasteiger partial charge in [-0.25, -0.2) is 9.97 Å². The highest BCUT2D eigenvalue weighted by Gasteiger charge is 2.30. The summed E-state index contributed by atoms with van der Waals surface area (Å²) in [6.07, 6.45) is 4.47. The Morgan fingerprint density at radius 1 is 1.33 bits per heavy atom. The van der Waals surface area contributed by atoms with Gasteiger partial charge >= 0.3 is 5.69 Å². The molecule has 0 aliphatic carbocycles. The second kappa shape index (κ2) is 7.00. The quantitative estimate of drug-likeness (QED) is 0.660. The molecule has 1 aliphatic heterocycles. The van der Waals surface area contributed by atoms with Gasteiger partial charge in [0.1, 0.15) is 6.33 Å². The molecule has 126 valence electrons. The highest BCUT2D eigenvalue weighted by atomic mass is 35.5. The molecule has 1 aromatic carbocycles. The Balaban J connectivity index is 2.02. The van der Waals surface area contributed by atoms with Crippen molar-refractivity contribution in [3.8, 4) is 0 Å². The number of para-hydroxylation sites is 1. The van der Waals surface area contributed by atoms with Crippen LogP contribution in [0, 0.1) is 10.1 Å². The summed E-state index contributed by atoms with van der Waals surface area (Å²) in [5, 5.41) is 15.1. The molecule has 1 aromatic heterocycles. The van der Waals surface area contributed by atoms with Gasteiger partial charge in [0.05, 0.1) is 15.6 Å². The van der Waals surface area contributed by atoms with Crippen LogP contribution in [-0.2, 0) is 0 Å². The van der Waals surface area contributed by atoms with Crippen molar-refractivity contribution >= 4 is 34.6 Å². The molecule has 1 atom stereocenters. The maximum atomic E-state index is 11.7. The number of aromatic nitrogens is 2. The molecule has 24 heavy (non-hydrogen) atoms. The van der Waals surface area contributed by atoms with E-state index < -0.39 is 4.92 Å². The van der Waals surface area contributed by atoms with Gasteiger partial charge in [0.15, 0.2) is 0 Å². The van der Waals surface area contributed by atoms with E-state index in [1.54, 1.807) is 24.3 Å². The molecule has 2 heterocycles. The zero-order chi connectivity index (χ0) is 17.1. The molecule has 1 fully saturated rings. The minimum Gasteiger partial charge on any atom is -0.348 e. The van der Waals surface area contributed by atoms with Gasteiger partial charge in [-0.1, -0.05) is 23.7 Å². The maximum absolute atomic E-state index is 11.7. The molecule has 1 unspecified atom stereocenters. The first kappa shape index (κ1) is 16.4. The van der Waals surface area contributed by atoms with Gasteiger partial charge in [0, 0.05) is 12.6 Å². The van der Waals surface area contributed by atoms with E-state index >= 15 is 0 Å². The number of nitro groups is 1. The number of hydrogen-bond donors (Lipinski definition) is 1. The molecule has 0 bridgehead atoms. The van der Waals surface area contributed by atoms with Gasteiger partial charge in [0.2, 0.25) is 11.6 Å². The highest BCUT2D eigenvalue weighted by molar-refractivity contribution is 6.33. The zero-order valence-electron chi connectivity index (χ0n) is 13.3. The van der Waals surface area contributed by atoms with Crippen LogP contribution in [0.15, 0.2) is 30.6 Å². The number of nitrogens with zero attached hydrogens (tertiary/aromatic N) is 4. The van der Waals surface area contributed by atoms with Crippen LogP contribution in [0.5, 0.6) is 0 Å². The molecule has 1 aliphatic rings. The van der Waals surface area contributed by atoms with Crippen LogP contribution < -0.4 is 10.2 Å². The molecule has 2 aromatic rings. The standard InChI is InChI=1S/C16H18ClN5O2/c1-11-6-4-5-9-21(11)16-14(22(23)24)15(18-10-19-16)20-13-8-3-2-7-12(13)17/h2-3,7-8,10-11H,4-6,9H2,1H3,(H,18,19,20). The summed E-state index contributed by atoms with van der Waals surface area (Å²) in [4.78, 5) is 21.5. The van der Waals surface area contributed by atoms with Gasteiger partial charge in [-0.2, -0.15) is 0 Å². The number of piperidine rings is 1. The van der Waals surface area contributed by atoms with Crippen molar-refractivity contribution in [1.29, 1.82) is 0 Å². The van der Waals surface area contributed by atoms with Gasteiger partial charge in [-0.3, -0.25) is 10.1 Å². The average Bonchev–Trinajstić information content (AvgIpc) is 2.57. The Labute approximate surface area is 144 Å². The van der Waals surface area contributed by atoms with Crippen LogP contribution in [0.3, 0.4) is 0 Å². The lowest BCUT2D eigenvalue weighted by atomic mass is 10.0. The summed E-state index contributed by atoms with van der Waals surface area (Å²) < 4.78 is 0. The van der Waals surface area contributed by atoms with Crippen LogP contribution in [0.2, 0.25) is 5.02 Å². The van der Waals surface area contributed by atoms with E-state index in [2.05, 4.69) is 22.2 Å². The topological polar surface area (TPSA) is 84.2 Å². The number of halogens is 1. The summed E-state index contributed by atoms with van der Waals surface area (Å²) in [6, 6.07) is 7.26. The molecule has 1 N–H and O–H groups in total. The first-order valence-electron chi connectivity index (χ1n) is 7.85. The second-order valence-electron chi connectivity index (χ2n) is 5.79. The fourth-order valence-corrected chi connectivity index (χ4v) is 3.13. The molecular weight excluding hydrogens is 330 g/mol. The predicted molar refractivity (Wildman–Crippen MR) is 94.1 cm³/mol. The average molecular weight is 348 g/mol. The summed E-state index contributed by atoms with van der Waals surface area (Å²) in [5.41, 5.74) is 0.449. The van der Waals surface area contributed by atoms with E-state index in [0.29, 0.717) is 16.5 Å².